The van der Waals surface area contributed by atoms with E-state index in [1.165, 1.54) is 32.1 Å². The number of aliphatic hydroxyl groups is 11. The largest absolute Gasteiger partial charge is 0.394 e. The Morgan fingerprint density at radius 1 is 0.381 bits per heavy atom. The zero-order chi connectivity index (χ0) is 70.4. The van der Waals surface area contributed by atoms with E-state index < -0.39 is 131 Å². The quantitative estimate of drug-likeness (QED) is 0.0199. The Bertz CT molecular complexity index is 2420. The minimum absolute atomic E-state index is 0.179. The number of hydrogen-bond acceptors (Lipinski definition) is 18. The lowest BCUT2D eigenvalue weighted by Gasteiger charge is -2.48. The van der Waals surface area contributed by atoms with Gasteiger partial charge in [-0.1, -0.05) is 216 Å². The van der Waals surface area contributed by atoms with Crippen molar-refractivity contribution in [2.24, 2.45) is 0 Å². The topological polar surface area (TPSA) is 307 Å². The van der Waals surface area contributed by atoms with E-state index in [2.05, 4.69) is 177 Å². The molecule has 97 heavy (non-hydrogen) atoms. The number of aliphatic hydroxyl groups excluding tert-OH is 11. The highest BCUT2D eigenvalue weighted by atomic mass is 16.8. The van der Waals surface area contributed by atoms with Crippen molar-refractivity contribution in [2.45, 2.75) is 285 Å². The third kappa shape index (κ3) is 38.0. The maximum absolute atomic E-state index is 13.4. The fourth-order valence-corrected chi connectivity index (χ4v) is 10.7. The number of hydrogen-bond donors (Lipinski definition) is 12. The zero-order valence-corrected chi connectivity index (χ0v) is 58.0. The SMILES string of the molecule is CC/C=C\C/C=C\C/C=C\C/C=C\C/C=C\C/C=C\C/C=C\C/C=C\C/C=C\C/C=C\C/C=C\CCCCCC(=O)NC(COC1OC(CO)C(OC2OC(CO)C(OC3OC(CO)C(O)C(O)C3O)C(O)C2O)C(O)C1O)C(O)/C=C/CC/C=C/CC/C=C/CCCCCCC. The molecule has 548 valence electrons. The minimum atomic E-state index is -1.99. The van der Waals surface area contributed by atoms with E-state index in [-0.39, 0.29) is 12.3 Å². The molecule has 0 saturated carbocycles. The molecule has 0 bridgehead atoms. The standard InChI is InChI=1S/C78H123NO18/c1-3-5-7-9-11-13-15-17-19-20-21-22-23-24-25-26-27-28-29-30-31-32-33-34-35-36-37-38-39-40-42-44-46-48-50-52-54-56-66(84)79-61(62(83)55-53-51-49-47-45-43-41-18-16-14-12-10-8-6-4-2)60-92-76-72(90)69(87)74(64(58-81)94-76)97-78-73(91)70(88)75(65(59-82)95-78)96-77-71(89)68(86)67(85)63(57-80)93-77/h5,7,11,13,16-19,21-22,24-25,27-28,30-31,33-34,36-37,39-40,44-47,53,55,61-65,67-78,80-83,85-91H,3-4,6,8-10,12,14-15,20,23,26,29,32,35,38,41-43,48-52,54,56-60H2,1-2H3,(H,79,84)/b7-5-,13-11-,18-16+,19-17-,22-21-,25-24-,28-27-,31-30-,34-33-,37-36-,40-39-,46-44-,47-45+,55-53+. The summed E-state index contributed by atoms with van der Waals surface area (Å²) in [6, 6.07) is -1.03. The van der Waals surface area contributed by atoms with Gasteiger partial charge < -0.3 is 89.9 Å². The van der Waals surface area contributed by atoms with Crippen LogP contribution < -0.4 is 5.32 Å². The third-order valence-electron chi connectivity index (χ3n) is 16.5. The molecule has 0 aromatic heterocycles. The van der Waals surface area contributed by atoms with Crippen LogP contribution >= 0.6 is 0 Å². The second kappa shape index (κ2) is 56.9. The first-order chi connectivity index (χ1) is 47.3. The molecule has 12 N–H and O–H groups in total. The summed E-state index contributed by atoms with van der Waals surface area (Å²) >= 11 is 0. The predicted molar refractivity (Wildman–Crippen MR) is 382 cm³/mol. The van der Waals surface area contributed by atoms with Crippen molar-refractivity contribution in [1.82, 2.24) is 5.32 Å². The van der Waals surface area contributed by atoms with Crippen molar-refractivity contribution in [3.63, 3.8) is 0 Å². The lowest BCUT2D eigenvalue weighted by molar-refractivity contribution is -0.379. The smallest absolute Gasteiger partial charge is 0.220 e. The first-order valence-corrected chi connectivity index (χ1v) is 35.9. The maximum Gasteiger partial charge on any atom is 0.220 e. The van der Waals surface area contributed by atoms with Crippen LogP contribution in [0.1, 0.15) is 181 Å². The van der Waals surface area contributed by atoms with E-state index in [4.69, 9.17) is 28.4 Å². The van der Waals surface area contributed by atoms with E-state index in [1.807, 2.05) is 6.08 Å². The normalized spacial score (nSPS) is 27.9. The summed E-state index contributed by atoms with van der Waals surface area (Å²) in [6.45, 7) is 1.51. The minimum Gasteiger partial charge on any atom is -0.394 e. The molecule has 19 nitrogen and oxygen atoms in total. The average molecular weight is 1360 g/mol. The Morgan fingerprint density at radius 3 is 1.14 bits per heavy atom. The molecule has 3 aliphatic heterocycles. The summed E-state index contributed by atoms with van der Waals surface area (Å²) in [5, 5.41) is 120. The zero-order valence-electron chi connectivity index (χ0n) is 58.0. The first kappa shape index (κ1) is 86.4. The van der Waals surface area contributed by atoms with Crippen LogP contribution in [0.5, 0.6) is 0 Å². The fraction of sp³-hybridized carbons (Fsp3) is 0.628. The Hall–Kier alpha value is -4.85. The molecular formula is C78H123NO18. The van der Waals surface area contributed by atoms with Crippen molar-refractivity contribution in [3.05, 3.63) is 170 Å². The van der Waals surface area contributed by atoms with Gasteiger partial charge in [-0.15, -0.1) is 0 Å². The Labute approximate surface area is 579 Å². The molecule has 3 aliphatic rings. The second-order valence-corrected chi connectivity index (χ2v) is 24.6. The summed E-state index contributed by atoms with van der Waals surface area (Å²) in [7, 11) is 0. The van der Waals surface area contributed by atoms with Crippen molar-refractivity contribution < 1.29 is 89.4 Å². The van der Waals surface area contributed by atoms with Gasteiger partial charge in [0.05, 0.1) is 38.6 Å². The molecule has 17 atom stereocenters. The summed E-state index contributed by atoms with van der Waals surface area (Å²) in [4.78, 5) is 13.4. The van der Waals surface area contributed by atoms with Crippen LogP contribution in [-0.2, 0) is 33.2 Å². The highest BCUT2D eigenvalue weighted by molar-refractivity contribution is 5.76. The van der Waals surface area contributed by atoms with Crippen LogP contribution in [0.4, 0.5) is 0 Å². The van der Waals surface area contributed by atoms with Gasteiger partial charge in [0.1, 0.15) is 73.2 Å². The monoisotopic (exact) mass is 1360 g/mol. The summed E-state index contributed by atoms with van der Waals surface area (Å²) < 4.78 is 34.3. The van der Waals surface area contributed by atoms with E-state index >= 15 is 0 Å². The van der Waals surface area contributed by atoms with Crippen molar-refractivity contribution in [3.8, 4) is 0 Å². The van der Waals surface area contributed by atoms with Gasteiger partial charge in [0.2, 0.25) is 5.91 Å². The highest BCUT2D eigenvalue weighted by Crippen LogP contribution is 2.33. The van der Waals surface area contributed by atoms with Crippen molar-refractivity contribution in [1.29, 1.82) is 0 Å². The van der Waals surface area contributed by atoms with E-state index in [0.29, 0.717) is 12.8 Å². The van der Waals surface area contributed by atoms with Gasteiger partial charge in [0.15, 0.2) is 18.9 Å². The van der Waals surface area contributed by atoms with Crippen molar-refractivity contribution >= 4 is 5.91 Å². The van der Waals surface area contributed by atoms with Crippen LogP contribution in [0.25, 0.3) is 0 Å². The van der Waals surface area contributed by atoms with Gasteiger partial charge >= 0.3 is 0 Å². The van der Waals surface area contributed by atoms with Crippen LogP contribution in [0.2, 0.25) is 0 Å². The number of carbonyl (C=O) groups is 1. The molecule has 3 fully saturated rings. The highest BCUT2D eigenvalue weighted by Gasteiger charge is 2.53. The second-order valence-electron chi connectivity index (χ2n) is 24.6. The van der Waals surface area contributed by atoms with Crippen LogP contribution in [-0.4, -0.2) is 193 Å². The van der Waals surface area contributed by atoms with Gasteiger partial charge in [-0.2, -0.15) is 0 Å². The van der Waals surface area contributed by atoms with Crippen LogP contribution in [0.3, 0.4) is 0 Å². The first-order valence-electron chi connectivity index (χ1n) is 35.9. The molecule has 0 radical (unpaired) electrons. The maximum atomic E-state index is 13.4. The summed E-state index contributed by atoms with van der Waals surface area (Å²) in [5.74, 6) is -0.331. The summed E-state index contributed by atoms with van der Waals surface area (Å²) in [6.07, 6.45) is 57.6. The van der Waals surface area contributed by atoms with Gasteiger partial charge in [0.25, 0.3) is 0 Å². The van der Waals surface area contributed by atoms with Gasteiger partial charge in [0, 0.05) is 6.42 Å². The van der Waals surface area contributed by atoms with Gasteiger partial charge in [-0.3, -0.25) is 4.79 Å². The molecule has 3 rings (SSSR count). The van der Waals surface area contributed by atoms with Gasteiger partial charge in [-0.05, 0) is 128 Å². The molecular weight excluding hydrogens is 1240 g/mol. The number of nitrogens with one attached hydrogen (secondary N) is 1. The molecule has 17 unspecified atom stereocenters. The number of ether oxygens (including phenoxy) is 6. The number of unbranched alkanes of at least 4 members (excludes halogenated alkanes) is 10. The lowest BCUT2D eigenvalue weighted by atomic mass is 9.96. The van der Waals surface area contributed by atoms with Crippen LogP contribution in [0.15, 0.2) is 170 Å². The predicted octanol–water partition coefficient (Wildman–Crippen LogP) is 10.3. The fourth-order valence-electron chi connectivity index (χ4n) is 10.7. The van der Waals surface area contributed by atoms with E-state index in [9.17, 15) is 61.0 Å². The Morgan fingerprint density at radius 2 is 0.722 bits per heavy atom. The molecule has 3 saturated heterocycles. The number of carbonyl (C=O) groups excluding carboxylic acids is 1. The average Bonchev–Trinajstić information content (AvgIpc) is 0.789. The molecule has 0 aromatic rings. The molecule has 3 heterocycles. The van der Waals surface area contributed by atoms with Crippen molar-refractivity contribution in [2.75, 3.05) is 26.4 Å². The molecule has 0 spiro atoms. The number of amides is 1. The molecule has 1 amide bonds. The Kier molecular flexibility index (Phi) is 50.6. The molecule has 0 aromatic carbocycles. The van der Waals surface area contributed by atoms with Gasteiger partial charge in [-0.25, -0.2) is 0 Å². The number of allylic oxidation sites excluding steroid dienone is 27. The molecule has 0 aliphatic carbocycles. The van der Waals surface area contributed by atoms with Crippen LogP contribution in [0, 0.1) is 0 Å². The summed E-state index contributed by atoms with van der Waals surface area (Å²) in [5.41, 5.74) is 0. The Balaban J connectivity index is 1.41. The van der Waals surface area contributed by atoms with E-state index in [1.54, 1.807) is 6.08 Å². The number of rotatable bonds is 52. The lowest BCUT2D eigenvalue weighted by Crippen LogP contribution is -2.66. The molecule has 19 heteroatoms. The third-order valence-corrected chi connectivity index (χ3v) is 16.5. The van der Waals surface area contributed by atoms with E-state index in [0.717, 1.165) is 116 Å².